The molecule has 0 unspecified atom stereocenters. The van der Waals surface area contributed by atoms with Crippen molar-refractivity contribution in [1.29, 1.82) is 0 Å². The van der Waals surface area contributed by atoms with E-state index < -0.39 is 123 Å². The van der Waals surface area contributed by atoms with Crippen molar-refractivity contribution in [2.24, 2.45) is 0 Å². The van der Waals surface area contributed by atoms with Crippen LogP contribution < -0.4 is 22.1 Å². The molecule has 0 aliphatic heterocycles. The predicted octanol–water partition coefficient (Wildman–Crippen LogP) is 7.73. The van der Waals surface area contributed by atoms with E-state index in [1.165, 1.54) is 23.7 Å². The third kappa shape index (κ3) is 6.48. The van der Waals surface area contributed by atoms with Crippen LogP contribution in [0.4, 0.5) is 71.5 Å². The topological polar surface area (TPSA) is 27.6 Å². The first-order valence-electron chi connectivity index (χ1n) is 14.5. The Labute approximate surface area is 269 Å². The molecule has 0 atom stereocenters. The van der Waals surface area contributed by atoms with Gasteiger partial charge in [-0.1, -0.05) is 45.7 Å². The molecule has 3 N–H and O–H groups in total. The van der Waals surface area contributed by atoms with Crippen LogP contribution in [0.15, 0.2) is 18.2 Å². The quantitative estimate of drug-likeness (QED) is 0.0837. The van der Waals surface area contributed by atoms with Crippen LogP contribution in [0.2, 0.25) is 6.32 Å². The largest absolute Gasteiger partial charge is 0.325 e. The van der Waals surface area contributed by atoms with Crippen molar-refractivity contribution in [3.05, 3.63) is 117 Å². The van der Waals surface area contributed by atoms with Crippen molar-refractivity contribution in [3.8, 4) is 0 Å². The Kier molecular flexibility index (Phi) is 12.2. The molecule has 266 valence electrons. The van der Waals surface area contributed by atoms with E-state index in [0.29, 0.717) is 0 Å². The van der Waals surface area contributed by atoms with Crippen molar-refractivity contribution in [3.63, 3.8) is 0 Å². The molecular weight excluding hydrogens is 694 g/mol. The summed E-state index contributed by atoms with van der Waals surface area (Å²) in [5.74, 6) is -44.7. The average Bonchev–Trinajstić information content (AvgIpc) is 3.08. The first kappa shape index (κ1) is 39.3. The lowest BCUT2D eigenvalue weighted by Crippen LogP contribution is -2.73. The third-order valence-electron chi connectivity index (χ3n) is 8.30. The minimum Gasteiger partial charge on any atom is -0.325 e. The second-order valence-electron chi connectivity index (χ2n) is 10.9. The number of hydrogen-bond acceptors (Lipinski definition) is 0. The van der Waals surface area contributed by atoms with Gasteiger partial charge in [-0.05, 0) is 24.5 Å². The maximum Gasteiger partial charge on any atom is 0.200 e. The third-order valence-corrected chi connectivity index (χ3v) is 8.30. The molecule has 0 radical (unpaired) electrons. The summed E-state index contributed by atoms with van der Waals surface area (Å²) in [4.78, 5) is 0. The van der Waals surface area contributed by atoms with Gasteiger partial charge in [0.25, 0.3) is 0 Å². The molecular formula is C32H25BF15N. The van der Waals surface area contributed by atoms with Gasteiger partial charge in [0.1, 0.15) is 46.7 Å². The SMILES string of the molecule is CCCC[B-](c1c(F)c(F)c(F)c(F)c1F)(c1c(F)c(F)c(F)c(F)c1F)c1c(F)c(F)c(F)c(F)c1F.CCc1cccc([NH3+])c1CC. The molecule has 4 rings (SSSR count). The highest BCUT2D eigenvalue weighted by molar-refractivity contribution is 7.11. The van der Waals surface area contributed by atoms with Crippen LogP contribution in [0.3, 0.4) is 0 Å². The summed E-state index contributed by atoms with van der Waals surface area (Å²) in [5.41, 5.74) is 0.352. The molecule has 1 nitrogen and oxygen atoms in total. The standard InChI is InChI=1S/C22H9BF15.C10H15N/c1-2-3-4-23(5-8(24)14(30)20(36)15(31)9(5)25,6-10(26)16(32)21(37)17(33)11(6)27)7-12(28)18(34)22(38)19(35)13(7)29;1-3-8-6-5-7-10(11)9(8)4-2/h2-4H2,1H3;5-7H,3-4,11H2,1-2H3/q-1;/p+1. The monoisotopic (exact) mass is 719 g/mol. The van der Waals surface area contributed by atoms with Crippen molar-refractivity contribution >= 4 is 28.2 Å². The van der Waals surface area contributed by atoms with Gasteiger partial charge < -0.3 is 5.73 Å². The molecule has 0 amide bonds. The summed E-state index contributed by atoms with van der Waals surface area (Å²) in [6.07, 6.45) is -5.93. The molecule has 17 heteroatoms. The number of halogens is 15. The number of benzene rings is 4. The Morgan fingerprint density at radius 3 is 1.00 bits per heavy atom. The van der Waals surface area contributed by atoms with E-state index in [1.807, 2.05) is 0 Å². The minimum atomic E-state index is -5.41. The lowest BCUT2D eigenvalue weighted by molar-refractivity contribution is -0.255. The molecule has 0 aliphatic rings. The van der Waals surface area contributed by atoms with Gasteiger partial charge in [0.2, 0.25) is 0 Å². The van der Waals surface area contributed by atoms with E-state index in [0.717, 1.165) is 12.8 Å². The number of quaternary nitrogens is 1. The lowest BCUT2D eigenvalue weighted by Gasteiger charge is -2.44. The van der Waals surface area contributed by atoms with E-state index in [2.05, 4.69) is 37.8 Å². The molecule has 4 aromatic rings. The predicted molar refractivity (Wildman–Crippen MR) is 151 cm³/mol. The van der Waals surface area contributed by atoms with Crippen LogP contribution in [0.5, 0.6) is 0 Å². The molecule has 0 fully saturated rings. The van der Waals surface area contributed by atoms with Crippen LogP contribution in [-0.4, -0.2) is 6.15 Å². The smallest absolute Gasteiger partial charge is 0.200 e. The second-order valence-corrected chi connectivity index (χ2v) is 10.9. The summed E-state index contributed by atoms with van der Waals surface area (Å²) in [5, 5.41) is 0. The van der Waals surface area contributed by atoms with Crippen molar-refractivity contribution in [2.75, 3.05) is 0 Å². The summed E-state index contributed by atoms with van der Waals surface area (Å²) < 4.78 is 217. The molecule has 0 saturated heterocycles. The average molecular weight is 719 g/mol. The maximum atomic E-state index is 15.1. The van der Waals surface area contributed by atoms with Gasteiger partial charge in [0.15, 0.2) is 52.4 Å². The molecule has 0 heterocycles. The molecule has 4 aromatic carbocycles. The fraction of sp³-hybridized carbons (Fsp3) is 0.250. The Bertz CT molecular complexity index is 1660. The van der Waals surface area contributed by atoms with E-state index in [4.69, 9.17) is 0 Å². The Morgan fingerprint density at radius 1 is 0.449 bits per heavy atom. The molecule has 0 saturated carbocycles. The van der Waals surface area contributed by atoms with Gasteiger partial charge in [-0.15, -0.1) is 16.4 Å². The normalized spacial score (nSPS) is 11.6. The van der Waals surface area contributed by atoms with Crippen LogP contribution in [0.25, 0.3) is 0 Å². The number of rotatable bonds is 8. The second kappa shape index (κ2) is 15.2. The van der Waals surface area contributed by atoms with Gasteiger partial charge in [0.05, 0.1) is 0 Å². The van der Waals surface area contributed by atoms with Crippen LogP contribution in [-0.2, 0) is 12.8 Å². The highest BCUT2D eigenvalue weighted by atomic mass is 19.2. The number of aryl methyl sites for hydroxylation is 1. The highest BCUT2D eigenvalue weighted by Gasteiger charge is 2.47. The fourth-order valence-corrected chi connectivity index (χ4v) is 6.01. The first-order chi connectivity index (χ1) is 22.9. The highest BCUT2D eigenvalue weighted by Crippen LogP contribution is 2.30. The van der Waals surface area contributed by atoms with Gasteiger partial charge >= 0.3 is 0 Å². The van der Waals surface area contributed by atoms with Gasteiger partial charge in [-0.25, -0.2) is 65.9 Å². The Morgan fingerprint density at radius 2 is 0.755 bits per heavy atom. The molecule has 0 aliphatic carbocycles. The number of unbranched alkanes of at least 4 members (excludes halogenated alkanes) is 1. The van der Waals surface area contributed by atoms with E-state index in [-0.39, 0.29) is 6.42 Å². The van der Waals surface area contributed by atoms with Gasteiger partial charge in [-0.3, -0.25) is 0 Å². The van der Waals surface area contributed by atoms with E-state index in [1.54, 1.807) is 0 Å². The van der Waals surface area contributed by atoms with E-state index >= 15 is 26.3 Å². The van der Waals surface area contributed by atoms with Gasteiger partial charge in [0, 0.05) is 5.56 Å². The zero-order valence-electron chi connectivity index (χ0n) is 25.7. The molecule has 0 spiro atoms. The Hall–Kier alpha value is -4.15. The molecule has 49 heavy (non-hydrogen) atoms. The number of hydrogen-bond donors (Lipinski definition) is 1. The summed E-state index contributed by atoms with van der Waals surface area (Å²) in [6, 6.07) is 6.35. The maximum absolute atomic E-state index is 15.1. The van der Waals surface area contributed by atoms with Crippen LogP contribution in [0, 0.1) is 87.3 Å². The zero-order valence-corrected chi connectivity index (χ0v) is 25.7. The molecule has 0 bridgehead atoms. The van der Waals surface area contributed by atoms with Crippen molar-refractivity contribution in [2.45, 2.75) is 52.8 Å². The summed E-state index contributed by atoms with van der Waals surface area (Å²) >= 11 is 0. The van der Waals surface area contributed by atoms with Crippen molar-refractivity contribution < 1.29 is 71.6 Å². The van der Waals surface area contributed by atoms with Gasteiger partial charge in [-0.2, -0.15) is 6.32 Å². The Balaban J connectivity index is 0.000000501. The molecule has 0 aromatic heterocycles. The first-order valence-corrected chi connectivity index (χ1v) is 14.5. The van der Waals surface area contributed by atoms with Crippen molar-refractivity contribution in [1.82, 2.24) is 0 Å². The summed E-state index contributed by atoms with van der Waals surface area (Å²) in [6.45, 7) is 5.55. The minimum absolute atomic E-state index is 0.316. The van der Waals surface area contributed by atoms with Crippen LogP contribution in [0.1, 0.15) is 44.7 Å². The summed E-state index contributed by atoms with van der Waals surface area (Å²) in [7, 11) is 0. The lowest BCUT2D eigenvalue weighted by atomic mass is 9.13. The zero-order chi connectivity index (χ0) is 37.3. The van der Waals surface area contributed by atoms with Crippen LogP contribution >= 0.6 is 0 Å². The fourth-order valence-electron chi connectivity index (χ4n) is 6.01. The van der Waals surface area contributed by atoms with E-state index in [9.17, 15) is 39.5 Å².